The van der Waals surface area contributed by atoms with Gasteiger partial charge in [0.2, 0.25) is 0 Å². The Labute approximate surface area is 102 Å². The monoisotopic (exact) mass is 230 g/mol. The molecule has 0 spiro atoms. The van der Waals surface area contributed by atoms with E-state index in [1.54, 1.807) is 0 Å². The second-order valence-electron chi connectivity index (χ2n) is 4.05. The summed E-state index contributed by atoms with van der Waals surface area (Å²) < 4.78 is 1.84. The van der Waals surface area contributed by atoms with Gasteiger partial charge in [-0.1, -0.05) is 6.07 Å². The van der Waals surface area contributed by atoms with Crippen molar-refractivity contribution in [2.75, 3.05) is 13.1 Å². The topological polar surface area (TPSA) is 42.7 Å². The molecular formula is C13H18N4. The van der Waals surface area contributed by atoms with E-state index >= 15 is 0 Å². The lowest BCUT2D eigenvalue weighted by Gasteiger charge is -2.02. The van der Waals surface area contributed by atoms with Gasteiger partial charge in [-0.2, -0.15) is 5.10 Å². The van der Waals surface area contributed by atoms with Crippen molar-refractivity contribution in [3.63, 3.8) is 0 Å². The molecule has 0 amide bonds. The molecule has 4 heteroatoms. The average Bonchev–Trinajstić information content (AvgIpc) is 2.76. The van der Waals surface area contributed by atoms with Crippen LogP contribution in [-0.4, -0.2) is 27.9 Å². The van der Waals surface area contributed by atoms with Crippen LogP contribution in [0.15, 0.2) is 36.7 Å². The lowest BCUT2D eigenvalue weighted by molar-refractivity contribution is 0.658. The fourth-order valence-corrected chi connectivity index (χ4v) is 1.70. The number of aryl methyl sites for hydroxylation is 1. The van der Waals surface area contributed by atoms with Crippen molar-refractivity contribution in [3.8, 4) is 0 Å². The highest BCUT2D eigenvalue weighted by molar-refractivity contribution is 5.03. The second kappa shape index (κ2) is 6.15. The quantitative estimate of drug-likeness (QED) is 0.758. The van der Waals surface area contributed by atoms with E-state index in [2.05, 4.69) is 27.5 Å². The van der Waals surface area contributed by atoms with E-state index in [4.69, 9.17) is 0 Å². The zero-order valence-corrected chi connectivity index (χ0v) is 10.1. The normalized spacial score (nSPS) is 10.6. The van der Waals surface area contributed by atoms with Gasteiger partial charge < -0.3 is 5.32 Å². The molecule has 0 aliphatic rings. The molecule has 0 atom stereocenters. The molecule has 0 fully saturated rings. The SMILES string of the molecule is Cn1ccc(CCNCCc2ccccn2)n1. The number of nitrogens with zero attached hydrogens (tertiary/aromatic N) is 3. The van der Waals surface area contributed by atoms with Crippen molar-refractivity contribution in [1.82, 2.24) is 20.1 Å². The van der Waals surface area contributed by atoms with Crippen LogP contribution in [0.25, 0.3) is 0 Å². The molecule has 2 aromatic heterocycles. The van der Waals surface area contributed by atoms with Crippen LogP contribution in [0.5, 0.6) is 0 Å². The Hall–Kier alpha value is -1.68. The van der Waals surface area contributed by atoms with Crippen LogP contribution in [-0.2, 0) is 19.9 Å². The van der Waals surface area contributed by atoms with Crippen molar-refractivity contribution >= 4 is 0 Å². The molecule has 0 saturated heterocycles. The Morgan fingerprint density at radius 1 is 1.12 bits per heavy atom. The summed E-state index contributed by atoms with van der Waals surface area (Å²) in [7, 11) is 1.94. The molecule has 2 aromatic rings. The Balaban J connectivity index is 1.61. The van der Waals surface area contributed by atoms with Gasteiger partial charge in [0.25, 0.3) is 0 Å². The molecule has 0 radical (unpaired) electrons. The van der Waals surface area contributed by atoms with Gasteiger partial charge in [-0.3, -0.25) is 9.67 Å². The lowest BCUT2D eigenvalue weighted by atomic mass is 10.2. The largest absolute Gasteiger partial charge is 0.316 e. The number of nitrogens with one attached hydrogen (secondary N) is 1. The molecule has 90 valence electrons. The van der Waals surface area contributed by atoms with Crippen LogP contribution >= 0.6 is 0 Å². The summed E-state index contributed by atoms with van der Waals surface area (Å²) in [6.07, 6.45) is 5.76. The van der Waals surface area contributed by atoms with Crippen molar-refractivity contribution < 1.29 is 0 Å². The number of aromatic nitrogens is 3. The second-order valence-corrected chi connectivity index (χ2v) is 4.05. The molecule has 0 bridgehead atoms. The molecule has 0 aliphatic carbocycles. The molecule has 2 heterocycles. The van der Waals surface area contributed by atoms with Crippen LogP contribution in [0.4, 0.5) is 0 Å². The summed E-state index contributed by atoms with van der Waals surface area (Å²) in [4.78, 5) is 4.28. The van der Waals surface area contributed by atoms with E-state index in [0.29, 0.717) is 0 Å². The molecule has 0 aliphatic heterocycles. The van der Waals surface area contributed by atoms with Crippen LogP contribution in [0.3, 0.4) is 0 Å². The minimum absolute atomic E-state index is 0.962. The predicted octanol–water partition coefficient (Wildman–Crippen LogP) is 1.19. The third kappa shape index (κ3) is 4.00. The van der Waals surface area contributed by atoms with Crippen LogP contribution in [0.2, 0.25) is 0 Å². The molecule has 0 unspecified atom stereocenters. The maximum absolute atomic E-state index is 4.33. The van der Waals surface area contributed by atoms with Crippen molar-refractivity contribution in [1.29, 1.82) is 0 Å². The molecule has 0 aromatic carbocycles. The maximum Gasteiger partial charge on any atom is 0.0637 e. The molecule has 17 heavy (non-hydrogen) atoms. The lowest BCUT2D eigenvalue weighted by Crippen LogP contribution is -2.20. The van der Waals surface area contributed by atoms with Crippen molar-refractivity contribution in [3.05, 3.63) is 48.0 Å². The highest BCUT2D eigenvalue weighted by Gasteiger charge is 1.96. The third-order valence-electron chi connectivity index (χ3n) is 2.61. The zero-order chi connectivity index (χ0) is 11.9. The van der Waals surface area contributed by atoms with E-state index < -0.39 is 0 Å². The van der Waals surface area contributed by atoms with E-state index in [1.165, 1.54) is 0 Å². The Bertz CT molecular complexity index is 436. The smallest absolute Gasteiger partial charge is 0.0637 e. The van der Waals surface area contributed by atoms with E-state index in [9.17, 15) is 0 Å². The summed E-state index contributed by atoms with van der Waals surface area (Å²) in [5, 5.41) is 7.73. The first kappa shape index (κ1) is 11.8. The summed E-state index contributed by atoms with van der Waals surface area (Å²) in [6.45, 7) is 1.92. The minimum Gasteiger partial charge on any atom is -0.316 e. The summed E-state index contributed by atoms with van der Waals surface area (Å²) >= 11 is 0. The van der Waals surface area contributed by atoms with Gasteiger partial charge in [-0.15, -0.1) is 0 Å². The van der Waals surface area contributed by atoms with Crippen LogP contribution in [0.1, 0.15) is 11.4 Å². The highest BCUT2D eigenvalue weighted by atomic mass is 15.2. The van der Waals surface area contributed by atoms with Crippen molar-refractivity contribution in [2.24, 2.45) is 7.05 Å². The van der Waals surface area contributed by atoms with Gasteiger partial charge >= 0.3 is 0 Å². The average molecular weight is 230 g/mol. The molecular weight excluding hydrogens is 212 g/mol. The molecule has 1 N–H and O–H groups in total. The number of hydrogen-bond donors (Lipinski definition) is 1. The zero-order valence-electron chi connectivity index (χ0n) is 10.1. The van der Waals surface area contributed by atoms with Crippen LogP contribution < -0.4 is 5.32 Å². The highest BCUT2D eigenvalue weighted by Crippen LogP contribution is 1.95. The third-order valence-corrected chi connectivity index (χ3v) is 2.61. The van der Waals surface area contributed by atoms with Gasteiger partial charge in [-0.05, 0) is 18.2 Å². The van der Waals surface area contributed by atoms with E-state index in [1.807, 2.05) is 36.3 Å². The first-order chi connectivity index (χ1) is 8.34. The fraction of sp³-hybridized carbons (Fsp3) is 0.385. The summed E-state index contributed by atoms with van der Waals surface area (Å²) in [6, 6.07) is 8.08. The van der Waals surface area contributed by atoms with E-state index in [0.717, 1.165) is 37.3 Å². The molecule has 0 saturated carbocycles. The minimum atomic E-state index is 0.962. The first-order valence-electron chi connectivity index (χ1n) is 5.94. The number of pyridine rings is 1. The molecule has 2 rings (SSSR count). The fourth-order valence-electron chi connectivity index (χ4n) is 1.70. The predicted molar refractivity (Wildman–Crippen MR) is 67.7 cm³/mol. The standard InChI is InChI=1S/C13H18N4/c1-17-11-7-13(16-17)6-10-14-9-5-12-4-2-3-8-15-12/h2-4,7-8,11,14H,5-6,9-10H2,1H3. The Morgan fingerprint density at radius 3 is 2.59 bits per heavy atom. The first-order valence-corrected chi connectivity index (χ1v) is 5.94. The van der Waals surface area contributed by atoms with Gasteiger partial charge in [0.15, 0.2) is 0 Å². The van der Waals surface area contributed by atoms with Gasteiger partial charge in [0.05, 0.1) is 5.69 Å². The summed E-state index contributed by atoms with van der Waals surface area (Å²) in [5.74, 6) is 0. The summed E-state index contributed by atoms with van der Waals surface area (Å²) in [5.41, 5.74) is 2.27. The number of hydrogen-bond acceptors (Lipinski definition) is 3. The Morgan fingerprint density at radius 2 is 1.94 bits per heavy atom. The van der Waals surface area contributed by atoms with E-state index in [-0.39, 0.29) is 0 Å². The van der Waals surface area contributed by atoms with Crippen molar-refractivity contribution in [2.45, 2.75) is 12.8 Å². The maximum atomic E-state index is 4.33. The van der Waals surface area contributed by atoms with Gasteiger partial charge in [0, 0.05) is 51.1 Å². The van der Waals surface area contributed by atoms with Gasteiger partial charge in [0.1, 0.15) is 0 Å². The Kier molecular flexibility index (Phi) is 4.27. The number of rotatable bonds is 6. The molecule has 4 nitrogen and oxygen atoms in total. The van der Waals surface area contributed by atoms with Crippen LogP contribution in [0, 0.1) is 0 Å². The van der Waals surface area contributed by atoms with Gasteiger partial charge in [-0.25, -0.2) is 0 Å².